The standard InChI is InChI=1S/C17H19NO3/c1-12(2)21-16-8-4-6-14(10-16)17(20)18-11-13-5-3-7-15(19)9-13/h3-10,12,19H,11H2,1-2H3,(H,18,20). The zero-order chi connectivity index (χ0) is 15.2. The van der Waals surface area contributed by atoms with Gasteiger partial charge in [-0.15, -0.1) is 0 Å². The first kappa shape index (κ1) is 14.9. The van der Waals surface area contributed by atoms with E-state index in [1.54, 1.807) is 36.4 Å². The van der Waals surface area contributed by atoms with E-state index < -0.39 is 0 Å². The molecule has 0 aliphatic rings. The number of aromatic hydroxyl groups is 1. The van der Waals surface area contributed by atoms with Gasteiger partial charge >= 0.3 is 0 Å². The lowest BCUT2D eigenvalue weighted by molar-refractivity contribution is 0.0950. The van der Waals surface area contributed by atoms with Crippen molar-refractivity contribution in [3.63, 3.8) is 0 Å². The average molecular weight is 285 g/mol. The maximum absolute atomic E-state index is 12.1. The van der Waals surface area contributed by atoms with Gasteiger partial charge in [-0.25, -0.2) is 0 Å². The van der Waals surface area contributed by atoms with Crippen LogP contribution in [-0.4, -0.2) is 17.1 Å². The fourth-order valence-corrected chi connectivity index (χ4v) is 1.93. The Morgan fingerprint density at radius 1 is 1.19 bits per heavy atom. The highest BCUT2D eigenvalue weighted by Crippen LogP contribution is 2.15. The van der Waals surface area contributed by atoms with Crippen molar-refractivity contribution < 1.29 is 14.6 Å². The van der Waals surface area contributed by atoms with Crippen LogP contribution < -0.4 is 10.1 Å². The van der Waals surface area contributed by atoms with E-state index in [0.717, 1.165) is 5.56 Å². The summed E-state index contributed by atoms with van der Waals surface area (Å²) in [5.74, 6) is 0.691. The van der Waals surface area contributed by atoms with Crippen LogP contribution in [-0.2, 0) is 6.54 Å². The molecule has 4 nitrogen and oxygen atoms in total. The summed E-state index contributed by atoms with van der Waals surface area (Å²) in [6, 6.07) is 13.9. The van der Waals surface area contributed by atoms with Gasteiger partial charge in [-0.1, -0.05) is 18.2 Å². The molecule has 0 bridgehead atoms. The smallest absolute Gasteiger partial charge is 0.251 e. The van der Waals surface area contributed by atoms with Crippen LogP contribution in [0.15, 0.2) is 48.5 Å². The summed E-state index contributed by atoms with van der Waals surface area (Å²) >= 11 is 0. The Balaban J connectivity index is 2.00. The predicted octanol–water partition coefficient (Wildman–Crippen LogP) is 3.11. The third-order valence-corrected chi connectivity index (χ3v) is 2.83. The highest BCUT2D eigenvalue weighted by Gasteiger charge is 2.07. The molecule has 110 valence electrons. The molecule has 21 heavy (non-hydrogen) atoms. The zero-order valence-electron chi connectivity index (χ0n) is 12.2. The van der Waals surface area contributed by atoms with Gasteiger partial charge < -0.3 is 15.2 Å². The Hall–Kier alpha value is -2.49. The fraction of sp³-hybridized carbons (Fsp3) is 0.235. The van der Waals surface area contributed by atoms with Crippen molar-refractivity contribution in [1.29, 1.82) is 0 Å². The van der Waals surface area contributed by atoms with Crippen molar-refractivity contribution in [2.45, 2.75) is 26.5 Å². The van der Waals surface area contributed by atoms with Crippen molar-refractivity contribution in [3.05, 3.63) is 59.7 Å². The Labute approximate surface area is 124 Å². The highest BCUT2D eigenvalue weighted by molar-refractivity contribution is 5.94. The van der Waals surface area contributed by atoms with Crippen LogP contribution >= 0.6 is 0 Å². The van der Waals surface area contributed by atoms with Crippen molar-refractivity contribution in [2.24, 2.45) is 0 Å². The number of carbonyl (C=O) groups is 1. The maximum Gasteiger partial charge on any atom is 0.251 e. The van der Waals surface area contributed by atoms with Gasteiger partial charge in [0.1, 0.15) is 11.5 Å². The van der Waals surface area contributed by atoms with Crippen molar-refractivity contribution in [3.8, 4) is 11.5 Å². The number of benzene rings is 2. The van der Waals surface area contributed by atoms with E-state index in [9.17, 15) is 9.90 Å². The minimum atomic E-state index is -0.174. The van der Waals surface area contributed by atoms with Crippen LogP contribution in [0, 0.1) is 0 Å². The lowest BCUT2D eigenvalue weighted by atomic mass is 10.1. The van der Waals surface area contributed by atoms with Crippen LogP contribution in [0.1, 0.15) is 29.8 Å². The van der Waals surface area contributed by atoms with E-state index in [2.05, 4.69) is 5.32 Å². The van der Waals surface area contributed by atoms with E-state index in [1.165, 1.54) is 0 Å². The average Bonchev–Trinajstić information content (AvgIpc) is 2.44. The monoisotopic (exact) mass is 285 g/mol. The third kappa shape index (κ3) is 4.53. The van der Waals surface area contributed by atoms with Gasteiger partial charge in [0.2, 0.25) is 0 Å². The first-order valence-corrected chi connectivity index (χ1v) is 6.87. The summed E-state index contributed by atoms with van der Waals surface area (Å²) < 4.78 is 5.57. The number of hydrogen-bond donors (Lipinski definition) is 2. The molecule has 0 saturated heterocycles. The number of phenolic OH excluding ortho intramolecular Hbond substituents is 1. The summed E-state index contributed by atoms with van der Waals surface area (Å²) in [5.41, 5.74) is 1.39. The number of phenols is 1. The molecule has 0 fully saturated rings. The minimum absolute atomic E-state index is 0.0654. The van der Waals surface area contributed by atoms with Crippen LogP contribution in [0.3, 0.4) is 0 Å². The van der Waals surface area contributed by atoms with Crippen LogP contribution in [0.25, 0.3) is 0 Å². The van der Waals surface area contributed by atoms with Crippen LogP contribution in [0.4, 0.5) is 0 Å². The van der Waals surface area contributed by atoms with E-state index in [1.807, 2.05) is 26.0 Å². The maximum atomic E-state index is 12.1. The Morgan fingerprint density at radius 3 is 2.67 bits per heavy atom. The number of nitrogens with one attached hydrogen (secondary N) is 1. The topological polar surface area (TPSA) is 58.6 Å². The Kier molecular flexibility index (Phi) is 4.82. The van der Waals surface area contributed by atoms with E-state index in [0.29, 0.717) is 17.9 Å². The summed E-state index contributed by atoms with van der Waals surface area (Å²) in [6.07, 6.45) is 0.0654. The number of rotatable bonds is 5. The second-order valence-corrected chi connectivity index (χ2v) is 5.05. The van der Waals surface area contributed by atoms with Crippen molar-refractivity contribution in [1.82, 2.24) is 5.32 Å². The molecular weight excluding hydrogens is 266 g/mol. The molecule has 0 aliphatic heterocycles. The van der Waals surface area contributed by atoms with E-state index in [-0.39, 0.29) is 17.8 Å². The number of carbonyl (C=O) groups excluding carboxylic acids is 1. The molecule has 0 aromatic heterocycles. The van der Waals surface area contributed by atoms with Crippen LogP contribution in [0.2, 0.25) is 0 Å². The normalized spacial score (nSPS) is 10.4. The molecule has 0 atom stereocenters. The number of amides is 1. The molecule has 0 aliphatic carbocycles. The van der Waals surface area contributed by atoms with Gasteiger partial charge in [-0.2, -0.15) is 0 Å². The third-order valence-electron chi connectivity index (χ3n) is 2.83. The quantitative estimate of drug-likeness (QED) is 0.887. The van der Waals surface area contributed by atoms with Gasteiger partial charge in [0.15, 0.2) is 0 Å². The molecule has 1 amide bonds. The van der Waals surface area contributed by atoms with Crippen molar-refractivity contribution in [2.75, 3.05) is 0 Å². The van der Waals surface area contributed by atoms with Gasteiger partial charge in [-0.3, -0.25) is 4.79 Å². The summed E-state index contributed by atoms with van der Waals surface area (Å²) in [6.45, 7) is 4.24. The van der Waals surface area contributed by atoms with Gasteiger partial charge in [0.25, 0.3) is 5.91 Å². The second-order valence-electron chi connectivity index (χ2n) is 5.05. The molecule has 0 spiro atoms. The molecular formula is C17H19NO3. The molecule has 2 aromatic carbocycles. The van der Waals surface area contributed by atoms with Gasteiger partial charge in [0.05, 0.1) is 6.10 Å². The molecule has 4 heteroatoms. The number of ether oxygens (including phenoxy) is 1. The first-order chi connectivity index (χ1) is 10.0. The molecule has 0 heterocycles. The number of hydrogen-bond acceptors (Lipinski definition) is 3. The highest BCUT2D eigenvalue weighted by atomic mass is 16.5. The van der Waals surface area contributed by atoms with Crippen molar-refractivity contribution >= 4 is 5.91 Å². The van der Waals surface area contributed by atoms with Gasteiger partial charge in [0, 0.05) is 12.1 Å². The molecule has 2 aromatic rings. The molecule has 0 unspecified atom stereocenters. The fourth-order valence-electron chi connectivity index (χ4n) is 1.93. The van der Waals surface area contributed by atoms with Crippen LogP contribution in [0.5, 0.6) is 11.5 Å². The zero-order valence-corrected chi connectivity index (χ0v) is 12.2. The SMILES string of the molecule is CC(C)Oc1cccc(C(=O)NCc2cccc(O)c2)c1. The lowest BCUT2D eigenvalue weighted by Crippen LogP contribution is -2.22. The van der Waals surface area contributed by atoms with E-state index in [4.69, 9.17) is 4.74 Å². The summed E-state index contributed by atoms with van der Waals surface area (Å²) in [4.78, 5) is 12.1. The summed E-state index contributed by atoms with van der Waals surface area (Å²) in [5, 5.41) is 12.2. The Morgan fingerprint density at radius 2 is 1.95 bits per heavy atom. The van der Waals surface area contributed by atoms with E-state index >= 15 is 0 Å². The minimum Gasteiger partial charge on any atom is -0.508 e. The van der Waals surface area contributed by atoms with Gasteiger partial charge in [-0.05, 0) is 49.7 Å². The molecule has 0 radical (unpaired) electrons. The predicted molar refractivity (Wildman–Crippen MR) is 81.5 cm³/mol. The summed E-state index contributed by atoms with van der Waals surface area (Å²) in [7, 11) is 0. The Bertz CT molecular complexity index is 623. The largest absolute Gasteiger partial charge is 0.508 e. The molecule has 0 saturated carbocycles. The molecule has 2 N–H and O–H groups in total. The first-order valence-electron chi connectivity index (χ1n) is 6.87. The second kappa shape index (κ2) is 6.79. The lowest BCUT2D eigenvalue weighted by Gasteiger charge is -2.11. The molecule has 2 rings (SSSR count).